The van der Waals surface area contributed by atoms with Crippen LogP contribution in [0.2, 0.25) is 0 Å². The van der Waals surface area contributed by atoms with Crippen molar-refractivity contribution < 1.29 is 9.52 Å². The molecule has 1 heterocycles. The largest absolute Gasteiger partial charge is 0.465 e. The topological polar surface area (TPSA) is 45.4 Å². The van der Waals surface area contributed by atoms with E-state index in [1.54, 1.807) is 0 Å². The monoisotopic (exact) mass is 239 g/mol. The summed E-state index contributed by atoms with van der Waals surface area (Å²) < 4.78 is 5.51. The van der Waals surface area contributed by atoms with Crippen molar-refractivity contribution in [1.82, 2.24) is 5.32 Å². The Hall–Kier alpha value is -0.800. The molecule has 1 aromatic rings. The van der Waals surface area contributed by atoms with Crippen molar-refractivity contribution in [2.45, 2.75) is 46.6 Å². The van der Waals surface area contributed by atoms with E-state index in [1.165, 1.54) is 0 Å². The van der Waals surface area contributed by atoms with Gasteiger partial charge in [0.1, 0.15) is 11.5 Å². The minimum Gasteiger partial charge on any atom is -0.465 e. The lowest BCUT2D eigenvalue weighted by atomic mass is 9.79. The van der Waals surface area contributed by atoms with E-state index >= 15 is 0 Å². The van der Waals surface area contributed by atoms with Crippen molar-refractivity contribution in [3.05, 3.63) is 23.7 Å². The second-order valence-corrected chi connectivity index (χ2v) is 4.80. The van der Waals surface area contributed by atoms with Gasteiger partial charge < -0.3 is 14.8 Å². The number of aryl methyl sites for hydroxylation is 1. The summed E-state index contributed by atoms with van der Waals surface area (Å²) in [7, 11) is 0. The Balaban J connectivity index is 2.41. The summed E-state index contributed by atoms with van der Waals surface area (Å²) in [6, 6.07) is 3.99. The number of furan rings is 1. The summed E-state index contributed by atoms with van der Waals surface area (Å²) in [5.74, 6) is 1.93. The molecule has 0 spiro atoms. The number of hydrogen-bond donors (Lipinski definition) is 2. The second-order valence-electron chi connectivity index (χ2n) is 4.80. The van der Waals surface area contributed by atoms with Gasteiger partial charge in [-0.15, -0.1) is 0 Å². The van der Waals surface area contributed by atoms with Crippen LogP contribution in [0.3, 0.4) is 0 Å². The third kappa shape index (κ3) is 4.17. The van der Waals surface area contributed by atoms with E-state index < -0.39 is 0 Å². The molecule has 2 N–H and O–H groups in total. The number of rotatable bonds is 8. The lowest BCUT2D eigenvalue weighted by molar-refractivity contribution is 0.162. The van der Waals surface area contributed by atoms with E-state index in [9.17, 15) is 0 Å². The number of aliphatic hydroxyl groups is 1. The predicted octanol–water partition coefficient (Wildman–Crippen LogP) is 2.87. The Morgan fingerprint density at radius 3 is 2.47 bits per heavy atom. The Morgan fingerprint density at radius 1 is 1.29 bits per heavy atom. The summed E-state index contributed by atoms with van der Waals surface area (Å²) in [5, 5.41) is 12.6. The number of aliphatic hydroxyl groups excluding tert-OH is 1. The molecule has 0 bridgehead atoms. The van der Waals surface area contributed by atoms with Gasteiger partial charge >= 0.3 is 0 Å². The second kappa shape index (κ2) is 6.82. The minimum atomic E-state index is 0.219. The molecule has 0 aliphatic heterocycles. The average molecular weight is 239 g/mol. The zero-order valence-corrected chi connectivity index (χ0v) is 11.3. The molecule has 0 fully saturated rings. The first-order valence-electron chi connectivity index (χ1n) is 6.52. The van der Waals surface area contributed by atoms with Crippen LogP contribution in [-0.2, 0) is 6.54 Å². The van der Waals surface area contributed by atoms with Crippen LogP contribution in [0.5, 0.6) is 0 Å². The summed E-state index contributed by atoms with van der Waals surface area (Å²) in [6.07, 6.45) is 3.05. The molecule has 17 heavy (non-hydrogen) atoms. The lowest BCUT2D eigenvalue weighted by Crippen LogP contribution is -2.34. The fraction of sp³-hybridized carbons (Fsp3) is 0.714. The molecule has 1 rings (SSSR count). The SMILES string of the molecule is CCC(CC)(CCO)CNCc1ccc(C)o1. The van der Waals surface area contributed by atoms with Crippen molar-refractivity contribution in [1.29, 1.82) is 0 Å². The summed E-state index contributed by atoms with van der Waals surface area (Å²) in [4.78, 5) is 0. The molecule has 0 amide bonds. The van der Waals surface area contributed by atoms with Crippen molar-refractivity contribution >= 4 is 0 Å². The van der Waals surface area contributed by atoms with Gasteiger partial charge in [-0.25, -0.2) is 0 Å². The van der Waals surface area contributed by atoms with Gasteiger partial charge in [-0.3, -0.25) is 0 Å². The Bertz CT molecular complexity index is 316. The molecule has 0 aliphatic rings. The average Bonchev–Trinajstić information content (AvgIpc) is 2.74. The zero-order chi connectivity index (χ0) is 12.7. The zero-order valence-electron chi connectivity index (χ0n) is 11.3. The van der Waals surface area contributed by atoms with Crippen LogP contribution in [0.25, 0.3) is 0 Å². The molecule has 0 saturated heterocycles. The standard InChI is InChI=1S/C14H25NO2/c1-4-14(5-2,8-9-16)11-15-10-13-7-6-12(3)17-13/h6-7,15-16H,4-5,8-11H2,1-3H3. The maximum Gasteiger partial charge on any atom is 0.117 e. The minimum absolute atomic E-state index is 0.219. The normalized spacial score (nSPS) is 12.0. The first-order valence-corrected chi connectivity index (χ1v) is 6.52. The van der Waals surface area contributed by atoms with Gasteiger partial charge in [0.2, 0.25) is 0 Å². The molecule has 0 radical (unpaired) electrons. The fourth-order valence-electron chi connectivity index (χ4n) is 2.21. The molecule has 0 unspecified atom stereocenters. The van der Waals surface area contributed by atoms with Crippen molar-refractivity contribution in [3.8, 4) is 0 Å². The van der Waals surface area contributed by atoms with Gasteiger partial charge in [-0.1, -0.05) is 13.8 Å². The maximum atomic E-state index is 9.14. The van der Waals surface area contributed by atoms with Gasteiger partial charge in [-0.05, 0) is 43.7 Å². The third-order valence-electron chi connectivity index (χ3n) is 3.74. The highest BCUT2D eigenvalue weighted by Crippen LogP contribution is 2.29. The Labute approximate surface area is 104 Å². The Morgan fingerprint density at radius 2 is 2.00 bits per heavy atom. The molecular formula is C14H25NO2. The maximum absolute atomic E-state index is 9.14. The van der Waals surface area contributed by atoms with E-state index in [1.807, 2.05) is 19.1 Å². The van der Waals surface area contributed by atoms with Crippen LogP contribution >= 0.6 is 0 Å². The third-order valence-corrected chi connectivity index (χ3v) is 3.74. The molecule has 98 valence electrons. The summed E-state index contributed by atoms with van der Waals surface area (Å²) >= 11 is 0. The van der Waals surface area contributed by atoms with Gasteiger partial charge in [0.15, 0.2) is 0 Å². The fourth-order valence-corrected chi connectivity index (χ4v) is 2.21. The molecule has 3 nitrogen and oxygen atoms in total. The summed E-state index contributed by atoms with van der Waals surface area (Å²) in [6.45, 7) is 8.30. The highest BCUT2D eigenvalue weighted by molar-refractivity contribution is 5.05. The lowest BCUT2D eigenvalue weighted by Gasteiger charge is -2.31. The quantitative estimate of drug-likeness (QED) is 0.733. The van der Waals surface area contributed by atoms with E-state index in [4.69, 9.17) is 9.52 Å². The van der Waals surface area contributed by atoms with E-state index in [0.717, 1.165) is 43.9 Å². The van der Waals surface area contributed by atoms with Crippen molar-refractivity contribution in [3.63, 3.8) is 0 Å². The Kier molecular flexibility index (Phi) is 5.72. The van der Waals surface area contributed by atoms with Crippen molar-refractivity contribution in [2.75, 3.05) is 13.2 Å². The molecule has 3 heteroatoms. The van der Waals surface area contributed by atoms with E-state index in [2.05, 4.69) is 19.2 Å². The van der Waals surface area contributed by atoms with Crippen LogP contribution in [-0.4, -0.2) is 18.3 Å². The smallest absolute Gasteiger partial charge is 0.117 e. The van der Waals surface area contributed by atoms with E-state index in [0.29, 0.717) is 0 Å². The molecule has 0 saturated carbocycles. The summed E-state index contributed by atoms with van der Waals surface area (Å²) in [5.41, 5.74) is 0.219. The van der Waals surface area contributed by atoms with Gasteiger partial charge in [0, 0.05) is 13.2 Å². The first-order chi connectivity index (χ1) is 8.15. The predicted molar refractivity (Wildman–Crippen MR) is 69.9 cm³/mol. The van der Waals surface area contributed by atoms with Gasteiger partial charge in [0.25, 0.3) is 0 Å². The highest BCUT2D eigenvalue weighted by Gasteiger charge is 2.24. The molecular weight excluding hydrogens is 214 g/mol. The van der Waals surface area contributed by atoms with E-state index in [-0.39, 0.29) is 12.0 Å². The number of hydrogen-bond acceptors (Lipinski definition) is 3. The van der Waals surface area contributed by atoms with Crippen LogP contribution in [0.4, 0.5) is 0 Å². The van der Waals surface area contributed by atoms with Gasteiger partial charge in [-0.2, -0.15) is 0 Å². The van der Waals surface area contributed by atoms with Crippen molar-refractivity contribution in [2.24, 2.45) is 5.41 Å². The molecule has 0 aliphatic carbocycles. The van der Waals surface area contributed by atoms with Gasteiger partial charge in [0.05, 0.1) is 6.54 Å². The first kappa shape index (κ1) is 14.3. The van der Waals surface area contributed by atoms with Crippen LogP contribution in [0.15, 0.2) is 16.5 Å². The van der Waals surface area contributed by atoms with Crippen LogP contribution in [0.1, 0.15) is 44.6 Å². The van der Waals surface area contributed by atoms with Crippen LogP contribution in [0, 0.1) is 12.3 Å². The van der Waals surface area contributed by atoms with Crippen LogP contribution < -0.4 is 5.32 Å². The number of nitrogens with one attached hydrogen (secondary N) is 1. The highest BCUT2D eigenvalue weighted by atomic mass is 16.3. The molecule has 0 aromatic carbocycles. The molecule has 0 atom stereocenters. The molecule has 1 aromatic heterocycles.